The van der Waals surface area contributed by atoms with Crippen molar-refractivity contribution in [2.75, 3.05) is 11.9 Å². The second kappa shape index (κ2) is 5.49. The summed E-state index contributed by atoms with van der Waals surface area (Å²) in [4.78, 5) is 0. The maximum Gasteiger partial charge on any atom is 0.123 e. The van der Waals surface area contributed by atoms with Crippen LogP contribution in [0.4, 0.5) is 5.69 Å². The molecule has 3 heteroatoms. The minimum absolute atomic E-state index is 0.208. The minimum atomic E-state index is 0.208. The van der Waals surface area contributed by atoms with E-state index in [1.165, 1.54) is 16.7 Å². The predicted molar refractivity (Wildman–Crippen MR) is 86.7 cm³/mol. The first kappa shape index (κ1) is 13.5. The molecular formula is C17H18BrNO. The maximum atomic E-state index is 5.97. The predicted octanol–water partition coefficient (Wildman–Crippen LogP) is 4.48. The first-order valence-electron chi connectivity index (χ1n) is 6.88. The standard InChI is InChI=1S/C17H18BrNO/c1-11-4-6-17-13(7-11)9-14(20-17)10-19-16-5-3-12(2)8-15(16)18/h3-8,14,19H,9-10H2,1-2H3. The van der Waals surface area contributed by atoms with Crippen molar-refractivity contribution in [3.8, 4) is 5.75 Å². The number of fused-ring (bicyclic) bond motifs is 1. The average molecular weight is 332 g/mol. The van der Waals surface area contributed by atoms with Gasteiger partial charge in [0.25, 0.3) is 0 Å². The number of halogens is 1. The molecule has 104 valence electrons. The number of nitrogens with one attached hydrogen (secondary N) is 1. The van der Waals surface area contributed by atoms with Gasteiger partial charge in [-0.3, -0.25) is 0 Å². The minimum Gasteiger partial charge on any atom is -0.488 e. The lowest BCUT2D eigenvalue weighted by Gasteiger charge is -2.14. The Labute approximate surface area is 128 Å². The van der Waals surface area contributed by atoms with Crippen molar-refractivity contribution in [1.29, 1.82) is 0 Å². The van der Waals surface area contributed by atoms with E-state index in [0.717, 1.165) is 28.9 Å². The molecule has 0 saturated carbocycles. The molecule has 2 nitrogen and oxygen atoms in total. The molecule has 0 aliphatic carbocycles. The zero-order valence-corrected chi connectivity index (χ0v) is 13.3. The molecule has 0 amide bonds. The Kier molecular flexibility index (Phi) is 3.70. The van der Waals surface area contributed by atoms with Gasteiger partial charge in [-0.15, -0.1) is 0 Å². The first-order valence-corrected chi connectivity index (χ1v) is 7.67. The van der Waals surface area contributed by atoms with Crippen molar-refractivity contribution >= 4 is 21.6 Å². The van der Waals surface area contributed by atoms with E-state index in [1.54, 1.807) is 0 Å². The molecule has 0 bridgehead atoms. The molecule has 1 N–H and O–H groups in total. The van der Waals surface area contributed by atoms with E-state index in [1.807, 2.05) is 0 Å². The van der Waals surface area contributed by atoms with Crippen LogP contribution in [-0.2, 0) is 6.42 Å². The Bertz CT molecular complexity index is 639. The van der Waals surface area contributed by atoms with Gasteiger partial charge in [0.15, 0.2) is 0 Å². The fourth-order valence-electron chi connectivity index (χ4n) is 2.55. The number of ether oxygens (including phenoxy) is 1. The Balaban J connectivity index is 1.63. The van der Waals surface area contributed by atoms with E-state index in [4.69, 9.17) is 4.74 Å². The van der Waals surface area contributed by atoms with Crippen molar-refractivity contribution in [3.05, 3.63) is 57.6 Å². The van der Waals surface area contributed by atoms with E-state index in [-0.39, 0.29) is 6.10 Å². The van der Waals surface area contributed by atoms with Gasteiger partial charge in [0.2, 0.25) is 0 Å². The number of rotatable bonds is 3. The summed E-state index contributed by atoms with van der Waals surface area (Å²) < 4.78 is 7.07. The third-order valence-electron chi connectivity index (χ3n) is 3.60. The number of aryl methyl sites for hydroxylation is 2. The molecule has 3 rings (SSSR count). The van der Waals surface area contributed by atoms with E-state index in [2.05, 4.69) is 71.5 Å². The van der Waals surface area contributed by atoms with Crippen LogP contribution >= 0.6 is 15.9 Å². The van der Waals surface area contributed by atoms with E-state index in [0.29, 0.717) is 0 Å². The van der Waals surface area contributed by atoms with Crippen LogP contribution in [0.15, 0.2) is 40.9 Å². The molecule has 1 aliphatic rings. The SMILES string of the molecule is Cc1ccc(NCC2Cc3cc(C)ccc3O2)c(Br)c1. The highest BCUT2D eigenvalue weighted by Crippen LogP contribution is 2.30. The second-order valence-electron chi connectivity index (χ2n) is 5.42. The quantitative estimate of drug-likeness (QED) is 0.895. The van der Waals surface area contributed by atoms with Crippen LogP contribution in [0.1, 0.15) is 16.7 Å². The molecule has 0 aromatic heterocycles. The summed E-state index contributed by atoms with van der Waals surface area (Å²) in [6.45, 7) is 5.03. The van der Waals surface area contributed by atoms with E-state index >= 15 is 0 Å². The first-order chi connectivity index (χ1) is 9.61. The Morgan fingerprint density at radius 3 is 2.70 bits per heavy atom. The maximum absolute atomic E-state index is 5.97. The molecule has 1 unspecified atom stereocenters. The highest BCUT2D eigenvalue weighted by molar-refractivity contribution is 9.10. The third-order valence-corrected chi connectivity index (χ3v) is 4.26. The fourth-order valence-corrected chi connectivity index (χ4v) is 3.18. The highest BCUT2D eigenvalue weighted by Gasteiger charge is 2.22. The molecule has 20 heavy (non-hydrogen) atoms. The lowest BCUT2D eigenvalue weighted by molar-refractivity contribution is 0.246. The van der Waals surface area contributed by atoms with Crippen LogP contribution in [0.5, 0.6) is 5.75 Å². The van der Waals surface area contributed by atoms with Crippen molar-refractivity contribution < 1.29 is 4.74 Å². The molecule has 2 aromatic rings. The smallest absolute Gasteiger partial charge is 0.123 e. The summed E-state index contributed by atoms with van der Waals surface area (Å²) >= 11 is 3.59. The fraction of sp³-hybridized carbons (Fsp3) is 0.294. The molecule has 0 fully saturated rings. The molecule has 0 spiro atoms. The zero-order valence-electron chi connectivity index (χ0n) is 11.7. The largest absolute Gasteiger partial charge is 0.488 e. The Morgan fingerprint density at radius 2 is 1.90 bits per heavy atom. The molecule has 1 atom stereocenters. The van der Waals surface area contributed by atoms with Gasteiger partial charge in [0, 0.05) is 16.6 Å². The van der Waals surface area contributed by atoms with Gasteiger partial charge >= 0.3 is 0 Å². The van der Waals surface area contributed by atoms with Crippen LogP contribution in [-0.4, -0.2) is 12.6 Å². The zero-order chi connectivity index (χ0) is 14.1. The van der Waals surface area contributed by atoms with Gasteiger partial charge in [0.1, 0.15) is 11.9 Å². The molecule has 0 radical (unpaired) electrons. The van der Waals surface area contributed by atoms with Crippen LogP contribution < -0.4 is 10.1 Å². The summed E-state index contributed by atoms with van der Waals surface area (Å²) in [5.74, 6) is 1.03. The molecule has 0 saturated heterocycles. The van der Waals surface area contributed by atoms with E-state index in [9.17, 15) is 0 Å². The van der Waals surface area contributed by atoms with Gasteiger partial charge in [0.05, 0.1) is 6.54 Å². The van der Waals surface area contributed by atoms with Gasteiger partial charge in [-0.05, 0) is 59.1 Å². The highest BCUT2D eigenvalue weighted by atomic mass is 79.9. The number of anilines is 1. The van der Waals surface area contributed by atoms with Gasteiger partial charge < -0.3 is 10.1 Å². The summed E-state index contributed by atoms with van der Waals surface area (Å²) in [6, 6.07) is 12.7. The van der Waals surface area contributed by atoms with Gasteiger partial charge in [-0.25, -0.2) is 0 Å². The second-order valence-corrected chi connectivity index (χ2v) is 6.27. The average Bonchev–Trinajstić information content (AvgIpc) is 2.79. The number of hydrogen-bond acceptors (Lipinski definition) is 2. The Morgan fingerprint density at radius 1 is 1.15 bits per heavy atom. The van der Waals surface area contributed by atoms with Gasteiger partial charge in [-0.2, -0.15) is 0 Å². The normalized spacial score (nSPS) is 16.6. The molecular weight excluding hydrogens is 314 g/mol. The van der Waals surface area contributed by atoms with E-state index < -0.39 is 0 Å². The Hall–Kier alpha value is -1.48. The summed E-state index contributed by atoms with van der Waals surface area (Å²) in [5, 5.41) is 3.46. The lowest BCUT2D eigenvalue weighted by atomic mass is 10.1. The summed E-state index contributed by atoms with van der Waals surface area (Å²) in [7, 11) is 0. The summed E-state index contributed by atoms with van der Waals surface area (Å²) in [5.41, 5.74) is 4.98. The molecule has 1 aliphatic heterocycles. The number of hydrogen-bond donors (Lipinski definition) is 1. The van der Waals surface area contributed by atoms with Crippen LogP contribution in [0, 0.1) is 13.8 Å². The molecule has 2 aromatic carbocycles. The van der Waals surface area contributed by atoms with Gasteiger partial charge in [-0.1, -0.05) is 23.8 Å². The monoisotopic (exact) mass is 331 g/mol. The summed E-state index contributed by atoms with van der Waals surface area (Å²) in [6.07, 6.45) is 1.19. The number of benzene rings is 2. The van der Waals surface area contributed by atoms with Crippen molar-refractivity contribution in [3.63, 3.8) is 0 Å². The molecule has 1 heterocycles. The topological polar surface area (TPSA) is 21.3 Å². The van der Waals surface area contributed by atoms with Crippen molar-refractivity contribution in [1.82, 2.24) is 0 Å². The van der Waals surface area contributed by atoms with Crippen molar-refractivity contribution in [2.24, 2.45) is 0 Å². The third kappa shape index (κ3) is 2.83. The lowest BCUT2D eigenvalue weighted by Crippen LogP contribution is -2.24. The van der Waals surface area contributed by atoms with Crippen molar-refractivity contribution in [2.45, 2.75) is 26.4 Å². The van der Waals surface area contributed by atoms with Crippen LogP contribution in [0.3, 0.4) is 0 Å². The van der Waals surface area contributed by atoms with Crippen LogP contribution in [0.25, 0.3) is 0 Å². The van der Waals surface area contributed by atoms with Crippen LogP contribution in [0.2, 0.25) is 0 Å².